The smallest absolute Gasteiger partial charge is 0.151 e. The van der Waals surface area contributed by atoms with E-state index in [-0.39, 0.29) is 11.7 Å². The van der Waals surface area contributed by atoms with Crippen LogP contribution >= 0.6 is 11.6 Å². The van der Waals surface area contributed by atoms with Crippen LogP contribution in [0.5, 0.6) is 5.75 Å². The Morgan fingerprint density at radius 2 is 1.95 bits per heavy atom. The Balaban J connectivity index is 2.16. The van der Waals surface area contributed by atoms with Crippen LogP contribution in [0.3, 0.4) is 0 Å². The predicted octanol–water partition coefficient (Wildman–Crippen LogP) is 4.30. The number of aromatic nitrogens is 2. The third-order valence-corrected chi connectivity index (χ3v) is 3.47. The minimum atomic E-state index is -0.344. The van der Waals surface area contributed by atoms with Crippen molar-refractivity contribution in [1.82, 2.24) is 9.55 Å². The van der Waals surface area contributed by atoms with Crippen LogP contribution in [0, 0.1) is 5.82 Å². The molecule has 5 heteroatoms. The molecular weight excluding hydrogens is 291 g/mol. The van der Waals surface area contributed by atoms with E-state index in [2.05, 4.69) is 4.98 Å². The third-order valence-electron chi connectivity index (χ3n) is 3.23. The maximum absolute atomic E-state index is 13.9. The normalized spacial score (nSPS) is 11.0. The zero-order chi connectivity index (χ0) is 14.8. The van der Waals surface area contributed by atoms with Gasteiger partial charge in [-0.25, -0.2) is 9.37 Å². The van der Waals surface area contributed by atoms with Crippen LogP contribution in [0.2, 0.25) is 0 Å². The topological polar surface area (TPSA) is 27.1 Å². The first-order valence-corrected chi connectivity index (χ1v) is 7.23. The zero-order valence-corrected chi connectivity index (χ0v) is 12.3. The molecule has 0 unspecified atom stereocenters. The average molecular weight is 305 g/mol. The molecule has 0 aliphatic carbocycles. The van der Waals surface area contributed by atoms with Crippen LogP contribution in [0.4, 0.5) is 4.39 Å². The number of nitrogens with zero attached hydrogens (tertiary/aromatic N) is 2. The lowest BCUT2D eigenvalue weighted by Gasteiger charge is -2.09. The molecule has 0 bridgehead atoms. The van der Waals surface area contributed by atoms with Gasteiger partial charge in [-0.2, -0.15) is 0 Å². The minimum absolute atomic E-state index is 0.210. The molecule has 0 amide bonds. The molecule has 0 aliphatic rings. The second-order valence-electron chi connectivity index (χ2n) is 4.53. The van der Waals surface area contributed by atoms with Crippen LogP contribution in [0.15, 0.2) is 42.5 Å². The number of para-hydroxylation sites is 1. The molecule has 0 N–H and O–H groups in total. The Bertz CT molecular complexity index is 768. The van der Waals surface area contributed by atoms with Gasteiger partial charge in [0.05, 0.1) is 18.0 Å². The fourth-order valence-electron chi connectivity index (χ4n) is 2.35. The number of hydrogen-bond donors (Lipinski definition) is 0. The number of fused-ring (bicyclic) bond motifs is 1. The van der Waals surface area contributed by atoms with E-state index in [4.69, 9.17) is 16.3 Å². The van der Waals surface area contributed by atoms with Crippen molar-refractivity contribution in [2.45, 2.75) is 12.8 Å². The van der Waals surface area contributed by atoms with E-state index in [9.17, 15) is 4.39 Å². The fraction of sp³-hybridized carbons (Fsp3) is 0.188. The van der Waals surface area contributed by atoms with Crippen molar-refractivity contribution >= 4 is 22.6 Å². The molecule has 1 aromatic heterocycles. The molecule has 108 valence electrons. The van der Waals surface area contributed by atoms with Crippen molar-refractivity contribution in [2.75, 3.05) is 6.61 Å². The summed E-state index contributed by atoms with van der Waals surface area (Å²) in [6.45, 7) is 2.55. The molecule has 0 saturated heterocycles. The van der Waals surface area contributed by atoms with E-state index in [0.29, 0.717) is 23.5 Å². The standard InChI is InChI=1S/C16H14ClFN2O/c1-2-21-12-8-6-11(7-9-12)20-14-5-3-4-13(18)16(14)19-15(20)10-17/h3-9H,2,10H2,1H3. The number of ether oxygens (including phenoxy) is 1. The molecule has 1 heterocycles. The molecule has 0 spiro atoms. The van der Waals surface area contributed by atoms with Crippen molar-refractivity contribution in [2.24, 2.45) is 0 Å². The summed E-state index contributed by atoms with van der Waals surface area (Å²) in [4.78, 5) is 4.29. The molecule has 2 aromatic carbocycles. The zero-order valence-electron chi connectivity index (χ0n) is 11.5. The Labute approximate surface area is 126 Å². The van der Waals surface area contributed by atoms with E-state index in [1.165, 1.54) is 6.07 Å². The number of halogens is 2. The van der Waals surface area contributed by atoms with Gasteiger partial charge in [0.25, 0.3) is 0 Å². The van der Waals surface area contributed by atoms with Crippen LogP contribution in [-0.2, 0) is 5.88 Å². The van der Waals surface area contributed by atoms with Gasteiger partial charge in [0.15, 0.2) is 5.82 Å². The van der Waals surface area contributed by atoms with Gasteiger partial charge in [-0.1, -0.05) is 6.07 Å². The molecule has 0 radical (unpaired) electrons. The van der Waals surface area contributed by atoms with Gasteiger partial charge in [0, 0.05) is 5.69 Å². The number of hydrogen-bond acceptors (Lipinski definition) is 2. The number of alkyl halides is 1. The van der Waals surface area contributed by atoms with Crippen molar-refractivity contribution in [3.63, 3.8) is 0 Å². The summed E-state index contributed by atoms with van der Waals surface area (Å²) in [6, 6.07) is 12.5. The molecule has 21 heavy (non-hydrogen) atoms. The van der Waals surface area contributed by atoms with Gasteiger partial charge in [-0.05, 0) is 43.3 Å². The quantitative estimate of drug-likeness (QED) is 0.672. The highest BCUT2D eigenvalue weighted by Crippen LogP contribution is 2.25. The largest absolute Gasteiger partial charge is 0.494 e. The molecule has 3 aromatic rings. The van der Waals surface area contributed by atoms with E-state index >= 15 is 0 Å². The third kappa shape index (κ3) is 2.47. The predicted molar refractivity (Wildman–Crippen MR) is 81.8 cm³/mol. The van der Waals surface area contributed by atoms with Gasteiger partial charge in [-0.3, -0.25) is 4.57 Å². The first kappa shape index (κ1) is 13.9. The second-order valence-corrected chi connectivity index (χ2v) is 4.80. The first-order chi connectivity index (χ1) is 10.2. The van der Waals surface area contributed by atoms with Gasteiger partial charge < -0.3 is 4.74 Å². The van der Waals surface area contributed by atoms with E-state index in [1.807, 2.05) is 41.8 Å². The molecule has 3 nitrogen and oxygen atoms in total. The lowest BCUT2D eigenvalue weighted by molar-refractivity contribution is 0.340. The van der Waals surface area contributed by atoms with Gasteiger partial charge in [-0.15, -0.1) is 11.6 Å². The minimum Gasteiger partial charge on any atom is -0.494 e. The average Bonchev–Trinajstić information content (AvgIpc) is 2.88. The highest BCUT2D eigenvalue weighted by Gasteiger charge is 2.14. The second kappa shape index (κ2) is 5.74. The Morgan fingerprint density at radius 3 is 2.62 bits per heavy atom. The monoisotopic (exact) mass is 304 g/mol. The first-order valence-electron chi connectivity index (χ1n) is 6.69. The highest BCUT2D eigenvalue weighted by molar-refractivity contribution is 6.17. The summed E-state index contributed by atoms with van der Waals surface area (Å²) in [5.41, 5.74) is 1.92. The number of rotatable bonds is 4. The maximum Gasteiger partial charge on any atom is 0.151 e. The lowest BCUT2D eigenvalue weighted by atomic mass is 10.2. The van der Waals surface area contributed by atoms with Gasteiger partial charge in [0.2, 0.25) is 0 Å². The molecule has 0 saturated carbocycles. The molecular formula is C16H14ClFN2O. The van der Waals surface area contributed by atoms with Crippen molar-refractivity contribution in [1.29, 1.82) is 0 Å². The number of imidazole rings is 1. The maximum atomic E-state index is 13.9. The van der Waals surface area contributed by atoms with Crippen LogP contribution < -0.4 is 4.74 Å². The molecule has 0 aliphatic heterocycles. The van der Waals surface area contributed by atoms with Crippen LogP contribution in [-0.4, -0.2) is 16.2 Å². The summed E-state index contributed by atoms with van der Waals surface area (Å²) in [5, 5.41) is 0. The molecule has 3 rings (SSSR count). The Morgan fingerprint density at radius 1 is 1.19 bits per heavy atom. The van der Waals surface area contributed by atoms with Gasteiger partial charge in [0.1, 0.15) is 17.1 Å². The molecule has 0 atom stereocenters. The summed E-state index contributed by atoms with van der Waals surface area (Å²) >= 11 is 5.96. The van der Waals surface area contributed by atoms with Crippen molar-refractivity contribution in [3.8, 4) is 11.4 Å². The fourth-order valence-corrected chi connectivity index (χ4v) is 2.53. The van der Waals surface area contributed by atoms with Crippen molar-refractivity contribution < 1.29 is 9.13 Å². The summed E-state index contributed by atoms with van der Waals surface area (Å²) in [6.07, 6.45) is 0. The van der Waals surface area contributed by atoms with Crippen LogP contribution in [0.1, 0.15) is 12.7 Å². The summed E-state index contributed by atoms with van der Waals surface area (Å²) < 4.78 is 21.1. The van der Waals surface area contributed by atoms with E-state index in [0.717, 1.165) is 11.4 Å². The van der Waals surface area contributed by atoms with E-state index < -0.39 is 0 Å². The lowest BCUT2D eigenvalue weighted by Crippen LogP contribution is -1.99. The summed E-state index contributed by atoms with van der Waals surface area (Å²) in [7, 11) is 0. The SMILES string of the molecule is CCOc1ccc(-n2c(CCl)nc3c(F)cccc32)cc1. The number of benzene rings is 2. The van der Waals surface area contributed by atoms with E-state index in [1.54, 1.807) is 6.07 Å². The van der Waals surface area contributed by atoms with Crippen LogP contribution in [0.25, 0.3) is 16.7 Å². The Kier molecular flexibility index (Phi) is 3.80. The Hall–Kier alpha value is -2.07. The van der Waals surface area contributed by atoms with Crippen molar-refractivity contribution in [3.05, 3.63) is 54.1 Å². The van der Waals surface area contributed by atoms with Gasteiger partial charge >= 0.3 is 0 Å². The summed E-state index contributed by atoms with van der Waals surface area (Å²) in [5.74, 6) is 1.27. The molecule has 0 fully saturated rings. The highest BCUT2D eigenvalue weighted by atomic mass is 35.5.